The molecule has 0 bridgehead atoms. The molecule has 1 aromatic heterocycles. The van der Waals surface area contributed by atoms with Gasteiger partial charge in [0.15, 0.2) is 0 Å². The van der Waals surface area contributed by atoms with Crippen molar-refractivity contribution in [3.63, 3.8) is 0 Å². The van der Waals surface area contributed by atoms with Gasteiger partial charge in [0.25, 0.3) is 0 Å². The first kappa shape index (κ1) is 18.0. The smallest absolute Gasteiger partial charge is 0.450 e. The summed E-state index contributed by atoms with van der Waals surface area (Å²) < 4.78 is 51.7. The Morgan fingerprint density at radius 2 is 1.77 bits per heavy atom. The summed E-state index contributed by atoms with van der Waals surface area (Å²) in [6.45, 7) is 5.35. The third-order valence-corrected chi connectivity index (χ3v) is 4.23. The van der Waals surface area contributed by atoms with E-state index in [9.17, 15) is 18.0 Å². The summed E-state index contributed by atoms with van der Waals surface area (Å²) >= 11 is 0. The van der Waals surface area contributed by atoms with Crippen LogP contribution in [0.25, 0.3) is 22.1 Å². The second-order valence-electron chi connectivity index (χ2n) is 5.95. The van der Waals surface area contributed by atoms with Crippen LogP contribution in [0.4, 0.5) is 13.2 Å². The molecule has 3 rings (SSSR count). The lowest BCUT2D eigenvalue weighted by Gasteiger charge is -2.16. The van der Waals surface area contributed by atoms with E-state index < -0.39 is 22.9 Å². The first-order valence-corrected chi connectivity index (χ1v) is 8.12. The van der Waals surface area contributed by atoms with Gasteiger partial charge in [0.2, 0.25) is 11.2 Å². The zero-order valence-corrected chi connectivity index (χ0v) is 14.5. The molecule has 0 spiro atoms. The molecule has 0 radical (unpaired) electrons. The second-order valence-corrected chi connectivity index (χ2v) is 5.95. The molecule has 0 saturated heterocycles. The number of halogens is 3. The first-order valence-electron chi connectivity index (χ1n) is 8.12. The number of hydrogen-bond acceptors (Lipinski definition) is 3. The van der Waals surface area contributed by atoms with Crippen LogP contribution in [0, 0.1) is 13.8 Å². The Hall–Kier alpha value is -2.76. The fraction of sp³-hybridized carbons (Fsp3) is 0.250. The standard InChI is InChI=1S/C20H17F3O3/c1-4-25-15-10-9-14-17(24)16(13-8-6-5-7-11(13)2)19(20(21,22)23)26-18(14)12(15)3/h5-10H,4H2,1-3H3. The highest BCUT2D eigenvalue weighted by atomic mass is 19.4. The highest BCUT2D eigenvalue weighted by Crippen LogP contribution is 2.39. The van der Waals surface area contributed by atoms with E-state index in [1.165, 1.54) is 12.1 Å². The van der Waals surface area contributed by atoms with Gasteiger partial charge < -0.3 is 9.15 Å². The zero-order chi connectivity index (χ0) is 19.1. The van der Waals surface area contributed by atoms with Crippen LogP contribution in [-0.2, 0) is 6.18 Å². The van der Waals surface area contributed by atoms with Gasteiger partial charge in [-0.1, -0.05) is 24.3 Å². The lowest BCUT2D eigenvalue weighted by molar-refractivity contribution is -0.152. The Bertz CT molecular complexity index is 1030. The van der Waals surface area contributed by atoms with Gasteiger partial charge in [0.1, 0.15) is 11.3 Å². The Morgan fingerprint density at radius 3 is 2.38 bits per heavy atom. The largest absolute Gasteiger partial charge is 0.493 e. The van der Waals surface area contributed by atoms with Crippen molar-refractivity contribution >= 4 is 11.0 Å². The fourth-order valence-electron chi connectivity index (χ4n) is 2.98. The maximum atomic E-state index is 13.7. The minimum Gasteiger partial charge on any atom is -0.493 e. The summed E-state index contributed by atoms with van der Waals surface area (Å²) in [5, 5.41) is 0.0946. The van der Waals surface area contributed by atoms with Crippen LogP contribution in [0.5, 0.6) is 5.75 Å². The van der Waals surface area contributed by atoms with Gasteiger partial charge in [0, 0.05) is 5.56 Å². The van der Waals surface area contributed by atoms with E-state index in [0.717, 1.165) is 0 Å². The summed E-state index contributed by atoms with van der Waals surface area (Å²) in [6, 6.07) is 9.46. The molecule has 6 heteroatoms. The normalized spacial score (nSPS) is 11.8. The van der Waals surface area contributed by atoms with E-state index in [1.807, 2.05) is 0 Å². The van der Waals surface area contributed by atoms with E-state index in [1.54, 1.807) is 45.0 Å². The average molecular weight is 362 g/mol. The molecule has 0 N–H and O–H groups in total. The van der Waals surface area contributed by atoms with Crippen molar-refractivity contribution in [1.82, 2.24) is 0 Å². The van der Waals surface area contributed by atoms with Crippen LogP contribution in [0.1, 0.15) is 23.8 Å². The van der Waals surface area contributed by atoms with Gasteiger partial charge in [-0.2, -0.15) is 13.2 Å². The molecule has 0 aliphatic carbocycles. The minimum absolute atomic E-state index is 0.0946. The molecule has 0 atom stereocenters. The summed E-state index contributed by atoms with van der Waals surface area (Å²) in [5.41, 5.74) is -0.145. The third-order valence-electron chi connectivity index (χ3n) is 4.23. The Kier molecular flexibility index (Phi) is 4.52. The SMILES string of the molecule is CCOc1ccc2c(=O)c(-c3ccccc3C)c(C(F)(F)F)oc2c1C. The molecule has 0 unspecified atom stereocenters. The molecule has 0 fully saturated rings. The van der Waals surface area contributed by atoms with Crippen molar-refractivity contribution in [2.24, 2.45) is 0 Å². The van der Waals surface area contributed by atoms with Crippen molar-refractivity contribution < 1.29 is 22.3 Å². The first-order chi connectivity index (χ1) is 12.3. The molecular formula is C20H17F3O3. The van der Waals surface area contributed by atoms with Gasteiger partial charge in [-0.25, -0.2) is 0 Å². The van der Waals surface area contributed by atoms with Crippen LogP contribution in [0.3, 0.4) is 0 Å². The minimum atomic E-state index is -4.81. The average Bonchev–Trinajstić information content (AvgIpc) is 2.58. The van der Waals surface area contributed by atoms with Gasteiger partial charge in [-0.05, 0) is 44.0 Å². The second kappa shape index (κ2) is 6.52. The van der Waals surface area contributed by atoms with E-state index in [0.29, 0.717) is 23.5 Å². The number of fused-ring (bicyclic) bond motifs is 1. The molecule has 3 nitrogen and oxygen atoms in total. The lowest BCUT2D eigenvalue weighted by atomic mass is 9.97. The van der Waals surface area contributed by atoms with E-state index in [2.05, 4.69) is 0 Å². The van der Waals surface area contributed by atoms with Crippen LogP contribution in [0.15, 0.2) is 45.6 Å². The number of aryl methyl sites for hydroxylation is 2. The van der Waals surface area contributed by atoms with Crippen LogP contribution < -0.4 is 10.2 Å². The van der Waals surface area contributed by atoms with Crippen molar-refractivity contribution in [2.75, 3.05) is 6.61 Å². The van der Waals surface area contributed by atoms with Gasteiger partial charge in [0.05, 0.1) is 17.6 Å². The van der Waals surface area contributed by atoms with Crippen molar-refractivity contribution in [1.29, 1.82) is 0 Å². The predicted octanol–water partition coefficient (Wildman–Crippen LogP) is 5.49. The number of alkyl halides is 3. The molecule has 0 saturated carbocycles. The molecule has 136 valence electrons. The van der Waals surface area contributed by atoms with E-state index >= 15 is 0 Å². The van der Waals surface area contributed by atoms with Crippen LogP contribution in [0.2, 0.25) is 0 Å². The summed E-state index contributed by atoms with van der Waals surface area (Å²) in [6.07, 6.45) is -4.81. The third kappa shape index (κ3) is 2.96. The van der Waals surface area contributed by atoms with E-state index in [-0.39, 0.29) is 16.5 Å². The lowest BCUT2D eigenvalue weighted by Crippen LogP contribution is -2.17. The van der Waals surface area contributed by atoms with Crippen molar-refractivity contribution in [2.45, 2.75) is 26.9 Å². The Morgan fingerprint density at radius 1 is 1.08 bits per heavy atom. The number of ether oxygens (including phenoxy) is 1. The van der Waals surface area contributed by atoms with Crippen LogP contribution >= 0.6 is 0 Å². The number of rotatable bonds is 3. The molecular weight excluding hydrogens is 345 g/mol. The Labute approximate surface area is 148 Å². The van der Waals surface area contributed by atoms with Crippen molar-refractivity contribution in [3.05, 3.63) is 63.5 Å². The predicted molar refractivity (Wildman–Crippen MR) is 93.6 cm³/mol. The van der Waals surface area contributed by atoms with E-state index in [4.69, 9.17) is 9.15 Å². The topological polar surface area (TPSA) is 39.4 Å². The summed E-state index contributed by atoms with van der Waals surface area (Å²) in [4.78, 5) is 13.0. The molecule has 0 aliphatic rings. The highest BCUT2D eigenvalue weighted by Gasteiger charge is 2.40. The molecule has 26 heavy (non-hydrogen) atoms. The monoisotopic (exact) mass is 362 g/mol. The quantitative estimate of drug-likeness (QED) is 0.618. The fourth-order valence-corrected chi connectivity index (χ4v) is 2.98. The number of benzene rings is 2. The molecule has 1 heterocycles. The highest BCUT2D eigenvalue weighted by molar-refractivity contribution is 5.87. The maximum Gasteiger partial charge on any atom is 0.450 e. The van der Waals surface area contributed by atoms with Gasteiger partial charge in [-0.15, -0.1) is 0 Å². The van der Waals surface area contributed by atoms with Crippen molar-refractivity contribution in [3.8, 4) is 16.9 Å². The Balaban J connectivity index is 2.46. The summed E-state index contributed by atoms with van der Waals surface area (Å²) in [7, 11) is 0. The van der Waals surface area contributed by atoms with Gasteiger partial charge in [-0.3, -0.25) is 4.79 Å². The molecule has 0 amide bonds. The van der Waals surface area contributed by atoms with Gasteiger partial charge >= 0.3 is 6.18 Å². The number of hydrogen-bond donors (Lipinski definition) is 0. The van der Waals surface area contributed by atoms with Crippen LogP contribution in [-0.4, -0.2) is 6.61 Å². The maximum absolute atomic E-state index is 13.7. The molecule has 3 aromatic rings. The molecule has 0 aliphatic heterocycles. The summed E-state index contributed by atoms with van der Waals surface area (Å²) in [5.74, 6) is -0.902. The zero-order valence-electron chi connectivity index (χ0n) is 14.5. The molecule has 2 aromatic carbocycles.